The summed E-state index contributed by atoms with van der Waals surface area (Å²) >= 11 is 0. The molecule has 2 aliphatic rings. The fraction of sp³-hybridized carbons (Fsp3) is 0.550. The molecular formula is C20H27N3O2. The van der Waals surface area contributed by atoms with Gasteiger partial charge in [0, 0.05) is 30.0 Å². The van der Waals surface area contributed by atoms with Gasteiger partial charge in [-0.2, -0.15) is 0 Å². The summed E-state index contributed by atoms with van der Waals surface area (Å²) in [6.45, 7) is 7.04. The van der Waals surface area contributed by atoms with Crippen LogP contribution in [-0.2, 0) is 6.54 Å². The predicted molar refractivity (Wildman–Crippen MR) is 96.8 cm³/mol. The summed E-state index contributed by atoms with van der Waals surface area (Å²) in [5.74, 6) is 0.971. The molecule has 0 spiro atoms. The number of piperidine rings is 1. The molecule has 5 heteroatoms. The first-order valence-electron chi connectivity index (χ1n) is 9.37. The van der Waals surface area contributed by atoms with E-state index in [1.165, 1.54) is 25.8 Å². The van der Waals surface area contributed by atoms with Gasteiger partial charge in [-0.15, -0.1) is 0 Å². The van der Waals surface area contributed by atoms with Crippen molar-refractivity contribution in [3.63, 3.8) is 0 Å². The monoisotopic (exact) mass is 341 g/mol. The molecule has 0 aliphatic carbocycles. The van der Waals surface area contributed by atoms with Gasteiger partial charge in [-0.25, -0.2) is 0 Å². The summed E-state index contributed by atoms with van der Waals surface area (Å²) in [5, 5.41) is 3.32. The SMILES string of the molecule is Cc1cc(C(=O)N[C@@H]2CCN3CCCC[C@H]23)c(C)n1Cc1ccco1. The van der Waals surface area contributed by atoms with Gasteiger partial charge in [0.1, 0.15) is 5.76 Å². The van der Waals surface area contributed by atoms with E-state index in [0.717, 1.165) is 35.7 Å². The lowest BCUT2D eigenvalue weighted by Gasteiger charge is -2.32. The summed E-state index contributed by atoms with van der Waals surface area (Å²) in [7, 11) is 0. The minimum Gasteiger partial charge on any atom is -0.467 e. The Balaban J connectivity index is 1.49. The molecule has 0 radical (unpaired) electrons. The van der Waals surface area contributed by atoms with Crippen LogP contribution in [0, 0.1) is 13.8 Å². The first-order valence-corrected chi connectivity index (χ1v) is 9.37. The third-order valence-corrected chi connectivity index (χ3v) is 5.88. The van der Waals surface area contributed by atoms with Crippen LogP contribution >= 0.6 is 0 Å². The van der Waals surface area contributed by atoms with Gasteiger partial charge < -0.3 is 14.3 Å². The highest BCUT2D eigenvalue weighted by Gasteiger charge is 2.36. The maximum atomic E-state index is 12.9. The van der Waals surface area contributed by atoms with E-state index in [0.29, 0.717) is 18.6 Å². The van der Waals surface area contributed by atoms with Gasteiger partial charge in [-0.1, -0.05) is 6.42 Å². The molecule has 2 aromatic rings. The Morgan fingerprint density at radius 2 is 2.16 bits per heavy atom. The summed E-state index contributed by atoms with van der Waals surface area (Å²) in [5.41, 5.74) is 2.88. The van der Waals surface area contributed by atoms with Crippen molar-refractivity contribution in [2.45, 2.75) is 58.2 Å². The summed E-state index contributed by atoms with van der Waals surface area (Å²) in [4.78, 5) is 15.4. The van der Waals surface area contributed by atoms with Crippen LogP contribution < -0.4 is 5.32 Å². The molecule has 4 heterocycles. The van der Waals surface area contributed by atoms with Crippen LogP contribution in [0.4, 0.5) is 0 Å². The van der Waals surface area contributed by atoms with E-state index in [9.17, 15) is 4.79 Å². The highest BCUT2D eigenvalue weighted by atomic mass is 16.3. The standard InChI is InChI=1S/C20H27N3O2/c1-14-12-17(15(2)23(14)13-16-6-5-11-25-16)20(24)21-18-8-10-22-9-4-3-7-19(18)22/h5-6,11-12,18-19H,3-4,7-10,13H2,1-2H3,(H,21,24)/t18-,19-/m1/s1. The number of nitrogens with zero attached hydrogens (tertiary/aromatic N) is 2. The largest absolute Gasteiger partial charge is 0.467 e. The van der Waals surface area contributed by atoms with Crippen LogP contribution in [0.25, 0.3) is 0 Å². The van der Waals surface area contributed by atoms with E-state index in [1.807, 2.05) is 32.0 Å². The highest BCUT2D eigenvalue weighted by molar-refractivity contribution is 5.96. The van der Waals surface area contributed by atoms with Crippen molar-refractivity contribution in [3.8, 4) is 0 Å². The Morgan fingerprint density at radius 1 is 1.28 bits per heavy atom. The molecule has 1 N–H and O–H groups in total. The molecule has 0 saturated carbocycles. The van der Waals surface area contributed by atoms with Crippen LogP contribution in [0.1, 0.15) is 53.2 Å². The van der Waals surface area contributed by atoms with Crippen LogP contribution in [-0.4, -0.2) is 40.5 Å². The van der Waals surface area contributed by atoms with Crippen molar-refractivity contribution in [3.05, 3.63) is 47.2 Å². The van der Waals surface area contributed by atoms with Gasteiger partial charge in [-0.05, 0) is 57.9 Å². The van der Waals surface area contributed by atoms with Crippen molar-refractivity contribution in [1.29, 1.82) is 0 Å². The maximum absolute atomic E-state index is 12.9. The van der Waals surface area contributed by atoms with E-state index < -0.39 is 0 Å². The van der Waals surface area contributed by atoms with E-state index in [2.05, 4.69) is 14.8 Å². The molecule has 2 aromatic heterocycles. The fourth-order valence-electron chi connectivity index (χ4n) is 4.49. The van der Waals surface area contributed by atoms with Crippen LogP contribution in [0.2, 0.25) is 0 Å². The minimum atomic E-state index is 0.0659. The van der Waals surface area contributed by atoms with Gasteiger partial charge in [0.15, 0.2) is 0 Å². The van der Waals surface area contributed by atoms with Gasteiger partial charge >= 0.3 is 0 Å². The van der Waals surface area contributed by atoms with Crippen molar-refractivity contribution in [2.75, 3.05) is 13.1 Å². The van der Waals surface area contributed by atoms with Crippen molar-refractivity contribution in [1.82, 2.24) is 14.8 Å². The molecule has 2 saturated heterocycles. The normalized spacial score (nSPS) is 23.6. The number of carbonyl (C=O) groups is 1. The van der Waals surface area contributed by atoms with E-state index in [4.69, 9.17) is 4.42 Å². The zero-order valence-corrected chi connectivity index (χ0v) is 15.1. The first-order chi connectivity index (χ1) is 12.1. The molecule has 2 atom stereocenters. The second-order valence-corrected chi connectivity index (χ2v) is 7.42. The average Bonchev–Trinajstić information content (AvgIpc) is 3.32. The number of aryl methyl sites for hydroxylation is 1. The van der Waals surface area contributed by atoms with Crippen LogP contribution in [0.15, 0.2) is 28.9 Å². The van der Waals surface area contributed by atoms with Crippen molar-refractivity contribution >= 4 is 5.91 Å². The summed E-state index contributed by atoms with van der Waals surface area (Å²) in [6.07, 6.45) is 6.55. The number of carbonyl (C=O) groups excluding carboxylic acids is 1. The number of furan rings is 1. The topological polar surface area (TPSA) is 50.4 Å². The van der Waals surface area contributed by atoms with Crippen LogP contribution in [0.5, 0.6) is 0 Å². The molecule has 0 bridgehead atoms. The zero-order valence-electron chi connectivity index (χ0n) is 15.1. The molecule has 0 aromatic carbocycles. The van der Waals surface area contributed by atoms with E-state index in [1.54, 1.807) is 6.26 Å². The van der Waals surface area contributed by atoms with E-state index in [-0.39, 0.29) is 5.91 Å². The smallest absolute Gasteiger partial charge is 0.253 e. The zero-order chi connectivity index (χ0) is 17.4. The highest BCUT2D eigenvalue weighted by Crippen LogP contribution is 2.27. The Hall–Kier alpha value is -2.01. The lowest BCUT2D eigenvalue weighted by molar-refractivity contribution is 0.0914. The Kier molecular flexibility index (Phi) is 4.42. The molecule has 2 aliphatic heterocycles. The summed E-state index contributed by atoms with van der Waals surface area (Å²) in [6, 6.07) is 6.69. The third-order valence-electron chi connectivity index (χ3n) is 5.88. The quantitative estimate of drug-likeness (QED) is 0.930. The Labute approximate surface area is 149 Å². The molecule has 134 valence electrons. The lowest BCUT2D eigenvalue weighted by Crippen LogP contribution is -2.46. The number of hydrogen-bond acceptors (Lipinski definition) is 3. The minimum absolute atomic E-state index is 0.0659. The first kappa shape index (κ1) is 16.5. The second-order valence-electron chi connectivity index (χ2n) is 7.42. The van der Waals surface area contributed by atoms with Crippen molar-refractivity contribution < 1.29 is 9.21 Å². The Morgan fingerprint density at radius 3 is 2.96 bits per heavy atom. The molecule has 5 nitrogen and oxygen atoms in total. The predicted octanol–water partition coefficient (Wildman–Crippen LogP) is 3.10. The molecule has 4 rings (SSSR count). The molecule has 1 amide bonds. The number of amides is 1. The van der Waals surface area contributed by atoms with Gasteiger partial charge in [0.2, 0.25) is 0 Å². The average molecular weight is 341 g/mol. The molecule has 0 unspecified atom stereocenters. The number of hydrogen-bond donors (Lipinski definition) is 1. The van der Waals surface area contributed by atoms with Crippen LogP contribution in [0.3, 0.4) is 0 Å². The van der Waals surface area contributed by atoms with E-state index >= 15 is 0 Å². The number of aromatic nitrogens is 1. The maximum Gasteiger partial charge on any atom is 0.253 e. The third kappa shape index (κ3) is 3.13. The molecular weight excluding hydrogens is 314 g/mol. The number of fused-ring (bicyclic) bond motifs is 1. The van der Waals surface area contributed by atoms with Gasteiger partial charge in [0.25, 0.3) is 5.91 Å². The number of rotatable bonds is 4. The fourth-order valence-corrected chi connectivity index (χ4v) is 4.49. The second kappa shape index (κ2) is 6.71. The Bertz CT molecular complexity index is 747. The van der Waals surface area contributed by atoms with Gasteiger partial charge in [-0.3, -0.25) is 9.69 Å². The lowest BCUT2D eigenvalue weighted by atomic mass is 9.99. The van der Waals surface area contributed by atoms with Gasteiger partial charge in [0.05, 0.1) is 18.4 Å². The number of nitrogens with one attached hydrogen (secondary N) is 1. The molecule has 2 fully saturated rings. The summed E-state index contributed by atoms with van der Waals surface area (Å²) < 4.78 is 7.61. The van der Waals surface area contributed by atoms with Crippen molar-refractivity contribution in [2.24, 2.45) is 0 Å². The molecule has 25 heavy (non-hydrogen) atoms.